The molecule has 0 aromatic heterocycles. The maximum absolute atomic E-state index is 11.2. The normalized spacial score (nSPS) is 15.0. The van der Waals surface area contributed by atoms with Crippen molar-refractivity contribution in [1.82, 2.24) is 0 Å². The van der Waals surface area contributed by atoms with Gasteiger partial charge in [0.2, 0.25) is 0 Å². The van der Waals surface area contributed by atoms with Gasteiger partial charge in [-0.2, -0.15) is 0 Å². The molecule has 13 heavy (non-hydrogen) atoms. The molecule has 0 saturated carbocycles. The number of carbonyl (C=O) groups excluding carboxylic acids is 1. The zero-order valence-electron chi connectivity index (χ0n) is 7.95. The van der Waals surface area contributed by atoms with Gasteiger partial charge in [0.05, 0.1) is 0 Å². The van der Waals surface area contributed by atoms with Crippen molar-refractivity contribution in [3.8, 4) is 0 Å². The first-order chi connectivity index (χ1) is 6.11. The van der Waals surface area contributed by atoms with Gasteiger partial charge in [-0.05, 0) is 18.9 Å². The van der Waals surface area contributed by atoms with E-state index in [0.717, 1.165) is 0 Å². The van der Waals surface area contributed by atoms with Crippen molar-refractivity contribution in [2.45, 2.75) is 25.9 Å². The number of Topliss-reactive ketones (excluding diaryl/α,β-unsaturated/α-hetero) is 1. The van der Waals surface area contributed by atoms with E-state index >= 15 is 0 Å². The van der Waals surface area contributed by atoms with Crippen LogP contribution in [-0.2, 0) is 10.4 Å². The lowest BCUT2D eigenvalue weighted by atomic mass is 9.88. The Hall–Kier alpha value is -1.15. The molecule has 0 heterocycles. The van der Waals surface area contributed by atoms with E-state index in [0.29, 0.717) is 12.0 Å². The van der Waals surface area contributed by atoms with Crippen molar-refractivity contribution >= 4 is 5.78 Å². The second-order valence-corrected chi connectivity index (χ2v) is 3.14. The molecule has 0 radical (unpaired) electrons. The molecule has 1 aromatic rings. The molecule has 0 fully saturated rings. The van der Waals surface area contributed by atoms with Crippen LogP contribution < -0.4 is 0 Å². The highest BCUT2D eigenvalue weighted by Crippen LogP contribution is 2.25. The Morgan fingerprint density at radius 3 is 2.31 bits per heavy atom. The molecule has 70 valence electrons. The van der Waals surface area contributed by atoms with E-state index in [-0.39, 0.29) is 5.78 Å². The van der Waals surface area contributed by atoms with Crippen LogP contribution in [0.15, 0.2) is 30.3 Å². The van der Waals surface area contributed by atoms with Crippen LogP contribution in [0.1, 0.15) is 25.8 Å². The third-order valence-electron chi connectivity index (χ3n) is 2.35. The van der Waals surface area contributed by atoms with Gasteiger partial charge in [0.15, 0.2) is 5.78 Å². The lowest BCUT2D eigenvalue weighted by molar-refractivity contribution is -0.136. The molecule has 1 atom stereocenters. The summed E-state index contributed by atoms with van der Waals surface area (Å²) in [6.07, 6.45) is 0.409. The maximum Gasteiger partial charge on any atom is 0.165 e. The third-order valence-corrected chi connectivity index (χ3v) is 2.35. The first-order valence-electron chi connectivity index (χ1n) is 4.40. The molecule has 0 bridgehead atoms. The molecule has 2 heteroatoms. The number of carbonyl (C=O) groups is 1. The van der Waals surface area contributed by atoms with Gasteiger partial charge in [-0.3, -0.25) is 4.79 Å². The number of hydrogen-bond acceptors (Lipinski definition) is 2. The molecule has 0 aliphatic rings. The predicted octanol–water partition coefficient (Wildman–Crippen LogP) is 1.87. The van der Waals surface area contributed by atoms with E-state index in [4.69, 9.17) is 0 Å². The summed E-state index contributed by atoms with van der Waals surface area (Å²) in [7, 11) is 0. The lowest BCUT2D eigenvalue weighted by Gasteiger charge is -2.23. The summed E-state index contributed by atoms with van der Waals surface area (Å²) in [6.45, 7) is 3.21. The van der Waals surface area contributed by atoms with E-state index < -0.39 is 5.60 Å². The summed E-state index contributed by atoms with van der Waals surface area (Å²) < 4.78 is 0. The van der Waals surface area contributed by atoms with Crippen LogP contribution in [0.4, 0.5) is 0 Å². The Morgan fingerprint density at radius 1 is 1.38 bits per heavy atom. The average molecular weight is 178 g/mol. The molecule has 0 spiro atoms. The highest BCUT2D eigenvalue weighted by molar-refractivity contribution is 5.85. The van der Waals surface area contributed by atoms with Crippen molar-refractivity contribution in [1.29, 1.82) is 0 Å². The average Bonchev–Trinajstić information content (AvgIpc) is 2.17. The van der Waals surface area contributed by atoms with Crippen molar-refractivity contribution in [3.05, 3.63) is 35.9 Å². The molecule has 0 aliphatic carbocycles. The van der Waals surface area contributed by atoms with Gasteiger partial charge in [-0.25, -0.2) is 0 Å². The first kappa shape index (κ1) is 9.93. The standard InChI is InChI=1S/C11H14O2/c1-3-11(13,9(2)12)10-7-5-4-6-8-10/h4-8,13H,3H2,1-2H3. The van der Waals surface area contributed by atoms with E-state index in [1.807, 2.05) is 18.2 Å². The number of hydrogen-bond donors (Lipinski definition) is 1. The van der Waals surface area contributed by atoms with Crippen LogP contribution in [0, 0.1) is 0 Å². The van der Waals surface area contributed by atoms with Gasteiger partial charge in [-0.1, -0.05) is 37.3 Å². The van der Waals surface area contributed by atoms with Gasteiger partial charge in [-0.15, -0.1) is 0 Å². The van der Waals surface area contributed by atoms with E-state index in [9.17, 15) is 9.90 Å². The second kappa shape index (κ2) is 3.71. The van der Waals surface area contributed by atoms with Crippen LogP contribution in [0.3, 0.4) is 0 Å². The molecule has 2 nitrogen and oxygen atoms in total. The van der Waals surface area contributed by atoms with E-state index in [2.05, 4.69) is 0 Å². The summed E-state index contributed by atoms with van der Waals surface area (Å²) in [6, 6.07) is 9.04. The van der Waals surface area contributed by atoms with Crippen LogP contribution in [0.2, 0.25) is 0 Å². The Labute approximate surface area is 78.2 Å². The van der Waals surface area contributed by atoms with Crippen molar-refractivity contribution in [2.24, 2.45) is 0 Å². The highest BCUT2D eigenvalue weighted by Gasteiger charge is 2.31. The minimum atomic E-state index is -1.30. The summed E-state index contributed by atoms with van der Waals surface area (Å²) in [5, 5.41) is 10.0. The summed E-state index contributed by atoms with van der Waals surface area (Å²) in [5.41, 5.74) is -0.633. The number of aliphatic hydroxyl groups is 1. The predicted molar refractivity (Wildman–Crippen MR) is 51.3 cm³/mol. The van der Waals surface area contributed by atoms with Crippen LogP contribution in [0.5, 0.6) is 0 Å². The van der Waals surface area contributed by atoms with Gasteiger partial charge >= 0.3 is 0 Å². The quantitative estimate of drug-likeness (QED) is 0.767. The second-order valence-electron chi connectivity index (χ2n) is 3.14. The van der Waals surface area contributed by atoms with Crippen LogP contribution in [-0.4, -0.2) is 10.9 Å². The monoisotopic (exact) mass is 178 g/mol. The summed E-state index contributed by atoms with van der Waals surface area (Å²) >= 11 is 0. The molecular formula is C11H14O2. The highest BCUT2D eigenvalue weighted by atomic mass is 16.3. The molecule has 1 aromatic carbocycles. The topological polar surface area (TPSA) is 37.3 Å². The van der Waals surface area contributed by atoms with Crippen LogP contribution >= 0.6 is 0 Å². The summed E-state index contributed by atoms with van der Waals surface area (Å²) in [5.74, 6) is -0.207. The van der Waals surface area contributed by atoms with E-state index in [1.54, 1.807) is 19.1 Å². The Morgan fingerprint density at radius 2 is 1.92 bits per heavy atom. The molecular weight excluding hydrogens is 164 g/mol. The molecule has 0 amide bonds. The maximum atomic E-state index is 11.2. The number of benzene rings is 1. The molecule has 0 saturated heterocycles. The van der Waals surface area contributed by atoms with Gasteiger partial charge < -0.3 is 5.11 Å². The van der Waals surface area contributed by atoms with Crippen molar-refractivity contribution < 1.29 is 9.90 Å². The fourth-order valence-corrected chi connectivity index (χ4v) is 1.37. The minimum Gasteiger partial charge on any atom is -0.377 e. The van der Waals surface area contributed by atoms with Gasteiger partial charge in [0, 0.05) is 0 Å². The van der Waals surface area contributed by atoms with Gasteiger partial charge in [0.1, 0.15) is 5.60 Å². The van der Waals surface area contributed by atoms with E-state index in [1.165, 1.54) is 6.92 Å². The molecule has 1 N–H and O–H groups in total. The Balaban J connectivity index is 3.11. The molecule has 1 rings (SSSR count). The molecule has 1 unspecified atom stereocenters. The van der Waals surface area contributed by atoms with Crippen molar-refractivity contribution in [3.63, 3.8) is 0 Å². The van der Waals surface area contributed by atoms with Crippen molar-refractivity contribution in [2.75, 3.05) is 0 Å². The zero-order chi connectivity index (χ0) is 9.90. The summed E-state index contributed by atoms with van der Waals surface area (Å²) in [4.78, 5) is 11.2. The van der Waals surface area contributed by atoms with Gasteiger partial charge in [0.25, 0.3) is 0 Å². The smallest absolute Gasteiger partial charge is 0.165 e. The number of rotatable bonds is 3. The Kier molecular flexibility index (Phi) is 2.83. The largest absolute Gasteiger partial charge is 0.377 e. The Bertz CT molecular complexity index is 292. The fourth-order valence-electron chi connectivity index (χ4n) is 1.37. The lowest BCUT2D eigenvalue weighted by Crippen LogP contribution is -2.32. The third kappa shape index (κ3) is 1.78. The SMILES string of the molecule is CCC(O)(C(C)=O)c1ccccc1. The molecule has 0 aliphatic heterocycles. The van der Waals surface area contributed by atoms with Crippen LogP contribution in [0.25, 0.3) is 0 Å². The fraction of sp³-hybridized carbons (Fsp3) is 0.364. The zero-order valence-corrected chi connectivity index (χ0v) is 7.95. The first-order valence-corrected chi connectivity index (χ1v) is 4.40. The minimum absolute atomic E-state index is 0.207. The number of ketones is 1.